The Kier molecular flexibility index (Phi) is 3.93. The number of rotatable bonds is 3. The zero-order chi connectivity index (χ0) is 15.7. The maximum absolute atomic E-state index is 12.9. The second kappa shape index (κ2) is 5.38. The number of nitrogens with one attached hydrogen (secondary N) is 1. The van der Waals surface area contributed by atoms with Gasteiger partial charge in [-0.3, -0.25) is 9.48 Å². The van der Waals surface area contributed by atoms with Crippen molar-refractivity contribution in [1.29, 1.82) is 0 Å². The normalized spacial score (nSPS) is 21.6. The lowest BCUT2D eigenvalue weighted by atomic mass is 9.88. The highest BCUT2D eigenvalue weighted by molar-refractivity contribution is 5.96. The molecule has 1 aliphatic rings. The van der Waals surface area contributed by atoms with Crippen molar-refractivity contribution in [2.75, 3.05) is 0 Å². The fourth-order valence-corrected chi connectivity index (χ4v) is 2.27. The van der Waals surface area contributed by atoms with Crippen LogP contribution in [0.2, 0.25) is 0 Å². The van der Waals surface area contributed by atoms with Gasteiger partial charge in [-0.05, 0) is 12.8 Å². The first-order valence-electron chi connectivity index (χ1n) is 6.55. The van der Waals surface area contributed by atoms with Crippen molar-refractivity contribution >= 4 is 5.91 Å². The number of carbonyl (C=O) groups is 1. The van der Waals surface area contributed by atoms with Crippen molar-refractivity contribution in [1.82, 2.24) is 15.1 Å². The molecule has 1 N–H and O–H groups in total. The van der Waals surface area contributed by atoms with Crippen LogP contribution in [-0.2, 0) is 13.2 Å². The van der Waals surface area contributed by atoms with Crippen LogP contribution in [0, 0.1) is 0 Å². The third-order valence-electron chi connectivity index (χ3n) is 3.48. The Balaban J connectivity index is 2.29. The molecule has 0 radical (unpaired) electrons. The third-order valence-corrected chi connectivity index (χ3v) is 3.48. The highest BCUT2D eigenvalue weighted by Gasteiger charge is 2.40. The van der Waals surface area contributed by atoms with Gasteiger partial charge in [-0.1, -0.05) is 31.2 Å². The standard InChI is InChI=1S/C14H16F3N3O/c1-3-13(7-5-4-6-8-13)18-12(21)10-9-20(2)19-11(10)14(15,16)17/h4-7,9H,3,8H2,1-2H3,(H,18,21)/t13-/m0/s1. The van der Waals surface area contributed by atoms with Crippen LogP contribution in [0.25, 0.3) is 0 Å². The molecule has 1 heterocycles. The predicted molar refractivity (Wildman–Crippen MR) is 71.6 cm³/mol. The van der Waals surface area contributed by atoms with Crippen molar-refractivity contribution in [3.8, 4) is 0 Å². The van der Waals surface area contributed by atoms with E-state index in [1.54, 1.807) is 12.2 Å². The van der Waals surface area contributed by atoms with Gasteiger partial charge in [0.1, 0.15) is 0 Å². The molecule has 0 aliphatic heterocycles. The number of aryl methyl sites for hydroxylation is 1. The van der Waals surface area contributed by atoms with Crippen molar-refractivity contribution in [2.24, 2.45) is 7.05 Å². The summed E-state index contributed by atoms with van der Waals surface area (Å²) in [6.07, 6.45) is 4.85. The maximum atomic E-state index is 12.9. The Morgan fingerprint density at radius 1 is 1.48 bits per heavy atom. The van der Waals surface area contributed by atoms with Crippen LogP contribution in [0.4, 0.5) is 13.2 Å². The molecule has 0 unspecified atom stereocenters. The summed E-state index contributed by atoms with van der Waals surface area (Å²) < 4.78 is 39.7. The van der Waals surface area contributed by atoms with Crippen LogP contribution in [-0.4, -0.2) is 21.2 Å². The Bertz CT molecular complexity index is 601. The summed E-state index contributed by atoms with van der Waals surface area (Å²) in [5.41, 5.74) is -2.27. The number of aromatic nitrogens is 2. The molecule has 114 valence electrons. The summed E-state index contributed by atoms with van der Waals surface area (Å²) in [5, 5.41) is 6.04. The topological polar surface area (TPSA) is 46.9 Å². The quantitative estimate of drug-likeness (QED) is 0.933. The van der Waals surface area contributed by atoms with Gasteiger partial charge in [0, 0.05) is 13.2 Å². The molecule has 0 saturated carbocycles. The minimum Gasteiger partial charge on any atom is -0.343 e. The molecule has 2 rings (SSSR count). The van der Waals surface area contributed by atoms with Gasteiger partial charge in [0.2, 0.25) is 0 Å². The first-order valence-corrected chi connectivity index (χ1v) is 6.55. The van der Waals surface area contributed by atoms with E-state index in [9.17, 15) is 18.0 Å². The molecule has 0 aromatic carbocycles. The Morgan fingerprint density at radius 3 is 2.71 bits per heavy atom. The molecule has 0 fully saturated rings. The highest BCUT2D eigenvalue weighted by Crippen LogP contribution is 2.31. The Hall–Kier alpha value is -2.05. The van der Waals surface area contributed by atoms with Crippen molar-refractivity contribution < 1.29 is 18.0 Å². The molecule has 4 nitrogen and oxygen atoms in total. The zero-order valence-corrected chi connectivity index (χ0v) is 11.7. The lowest BCUT2D eigenvalue weighted by Crippen LogP contribution is -2.47. The molecular formula is C14H16F3N3O. The summed E-state index contributed by atoms with van der Waals surface area (Å²) >= 11 is 0. The van der Waals surface area contributed by atoms with Gasteiger partial charge in [-0.25, -0.2) is 0 Å². The maximum Gasteiger partial charge on any atom is 0.435 e. The van der Waals surface area contributed by atoms with Gasteiger partial charge >= 0.3 is 6.18 Å². The number of nitrogens with zero attached hydrogens (tertiary/aromatic N) is 2. The molecule has 1 aromatic rings. The minimum absolute atomic E-state index is 0.458. The first-order chi connectivity index (χ1) is 9.77. The number of alkyl halides is 3. The lowest BCUT2D eigenvalue weighted by Gasteiger charge is -2.31. The fourth-order valence-electron chi connectivity index (χ4n) is 2.27. The van der Waals surface area contributed by atoms with E-state index in [1.165, 1.54) is 7.05 Å². The third kappa shape index (κ3) is 3.17. The largest absolute Gasteiger partial charge is 0.435 e. The van der Waals surface area contributed by atoms with E-state index in [2.05, 4.69) is 10.4 Å². The van der Waals surface area contributed by atoms with Crippen LogP contribution in [0.5, 0.6) is 0 Å². The molecule has 1 aromatic heterocycles. The summed E-state index contributed by atoms with van der Waals surface area (Å²) in [6, 6.07) is 0. The molecule has 0 saturated heterocycles. The van der Waals surface area contributed by atoms with Crippen molar-refractivity contribution in [2.45, 2.75) is 31.5 Å². The Labute approximate surface area is 120 Å². The van der Waals surface area contributed by atoms with Crippen LogP contribution < -0.4 is 5.32 Å². The average Bonchev–Trinajstić information content (AvgIpc) is 2.82. The van der Waals surface area contributed by atoms with E-state index >= 15 is 0 Å². The van der Waals surface area contributed by atoms with Gasteiger partial charge in [0.25, 0.3) is 5.91 Å². The van der Waals surface area contributed by atoms with Gasteiger partial charge in [-0.15, -0.1) is 0 Å². The van der Waals surface area contributed by atoms with Crippen molar-refractivity contribution in [3.63, 3.8) is 0 Å². The SMILES string of the molecule is CC[C@]1(NC(=O)c2cn(C)nc2C(F)(F)F)C=CC=CC1. The van der Waals surface area contributed by atoms with Crippen LogP contribution in [0.1, 0.15) is 35.8 Å². The number of amides is 1. The molecule has 21 heavy (non-hydrogen) atoms. The number of carbonyl (C=O) groups excluding carboxylic acids is 1. The summed E-state index contributed by atoms with van der Waals surface area (Å²) in [5.74, 6) is -0.766. The van der Waals surface area contributed by atoms with E-state index < -0.39 is 28.9 Å². The number of hydrogen-bond acceptors (Lipinski definition) is 2. The first kappa shape index (κ1) is 15.3. The van der Waals surface area contributed by atoms with Gasteiger partial charge < -0.3 is 5.32 Å². The molecule has 1 amide bonds. The zero-order valence-electron chi connectivity index (χ0n) is 11.7. The lowest BCUT2D eigenvalue weighted by molar-refractivity contribution is -0.141. The van der Waals surface area contributed by atoms with Gasteiger partial charge in [0.05, 0.1) is 11.1 Å². The molecule has 7 heteroatoms. The number of halogens is 3. The minimum atomic E-state index is -4.66. The van der Waals surface area contributed by atoms with E-state index in [0.29, 0.717) is 12.8 Å². The van der Waals surface area contributed by atoms with E-state index in [1.807, 2.05) is 19.1 Å². The smallest absolute Gasteiger partial charge is 0.343 e. The molecule has 1 aliphatic carbocycles. The highest BCUT2D eigenvalue weighted by atomic mass is 19.4. The molecule has 0 bridgehead atoms. The van der Waals surface area contributed by atoms with E-state index in [-0.39, 0.29) is 0 Å². The molecule has 0 spiro atoms. The molecule has 1 atom stereocenters. The number of allylic oxidation sites excluding steroid dienone is 2. The monoisotopic (exact) mass is 299 g/mol. The Morgan fingerprint density at radius 2 is 2.19 bits per heavy atom. The summed E-state index contributed by atoms with van der Waals surface area (Å²) in [7, 11) is 1.35. The second-order valence-electron chi connectivity index (χ2n) is 5.02. The van der Waals surface area contributed by atoms with Crippen molar-refractivity contribution in [3.05, 3.63) is 41.8 Å². The predicted octanol–water partition coefficient (Wildman–Crippen LogP) is 2.83. The second-order valence-corrected chi connectivity index (χ2v) is 5.02. The van der Waals surface area contributed by atoms with E-state index in [4.69, 9.17) is 0 Å². The van der Waals surface area contributed by atoms with Gasteiger partial charge in [-0.2, -0.15) is 18.3 Å². The molecular weight excluding hydrogens is 283 g/mol. The summed E-state index contributed by atoms with van der Waals surface area (Å²) in [4.78, 5) is 12.2. The number of hydrogen-bond donors (Lipinski definition) is 1. The average molecular weight is 299 g/mol. The van der Waals surface area contributed by atoms with Crippen LogP contribution in [0.3, 0.4) is 0 Å². The van der Waals surface area contributed by atoms with Crippen LogP contribution >= 0.6 is 0 Å². The van der Waals surface area contributed by atoms with Crippen LogP contribution in [0.15, 0.2) is 30.5 Å². The fraction of sp³-hybridized carbons (Fsp3) is 0.429. The van der Waals surface area contributed by atoms with Gasteiger partial charge in [0.15, 0.2) is 5.69 Å². The van der Waals surface area contributed by atoms with E-state index in [0.717, 1.165) is 10.9 Å². The summed E-state index contributed by atoms with van der Waals surface area (Å²) in [6.45, 7) is 1.87.